The highest BCUT2D eigenvalue weighted by Crippen LogP contribution is 2.37. The van der Waals surface area contributed by atoms with E-state index in [1.54, 1.807) is 12.0 Å². The Kier molecular flexibility index (Phi) is 5.02. The fraction of sp³-hybridized carbons (Fsp3) is 0.562. The lowest BCUT2D eigenvalue weighted by Gasteiger charge is -2.26. The number of fused-ring (bicyclic) bond motifs is 1. The number of benzene rings is 1. The number of ether oxygens (including phenoxy) is 2. The van der Waals surface area contributed by atoms with Crippen molar-refractivity contribution in [3.63, 3.8) is 0 Å². The van der Waals surface area contributed by atoms with E-state index in [-0.39, 0.29) is 12.1 Å². The fourth-order valence-electron chi connectivity index (χ4n) is 2.55. The molecule has 0 aliphatic carbocycles. The molecule has 0 aromatic heterocycles. The summed E-state index contributed by atoms with van der Waals surface area (Å²) in [6.45, 7) is 6.60. The first-order valence-electron chi connectivity index (χ1n) is 7.31. The van der Waals surface area contributed by atoms with E-state index in [2.05, 4.69) is 15.9 Å². The molecule has 22 heavy (non-hydrogen) atoms. The zero-order chi connectivity index (χ0) is 16.5. The van der Waals surface area contributed by atoms with Crippen molar-refractivity contribution >= 4 is 22.0 Å². The standard InChI is InChI=1S/C16H23BrN2O3/c1-16(2,3)22-15(20)19-8-7-12(18)14-10(9-19)11(17)5-6-13(14)21-4/h5-6,12H,7-9,18H2,1-4H3/t12-/m1/s1. The molecule has 5 nitrogen and oxygen atoms in total. The molecule has 1 aromatic carbocycles. The first kappa shape index (κ1) is 17.1. The molecular weight excluding hydrogens is 348 g/mol. The summed E-state index contributed by atoms with van der Waals surface area (Å²) < 4.78 is 11.8. The van der Waals surface area contributed by atoms with E-state index in [1.807, 2.05) is 32.9 Å². The van der Waals surface area contributed by atoms with E-state index in [4.69, 9.17) is 15.2 Å². The van der Waals surface area contributed by atoms with Crippen molar-refractivity contribution in [2.75, 3.05) is 13.7 Å². The van der Waals surface area contributed by atoms with Crippen molar-refractivity contribution < 1.29 is 14.3 Å². The highest BCUT2D eigenvalue weighted by atomic mass is 79.9. The smallest absolute Gasteiger partial charge is 0.410 e. The molecular formula is C16H23BrN2O3. The maximum Gasteiger partial charge on any atom is 0.410 e. The molecule has 1 aliphatic heterocycles. The molecule has 0 unspecified atom stereocenters. The van der Waals surface area contributed by atoms with Crippen molar-refractivity contribution in [1.82, 2.24) is 4.90 Å². The van der Waals surface area contributed by atoms with Crippen molar-refractivity contribution in [2.24, 2.45) is 5.73 Å². The monoisotopic (exact) mass is 370 g/mol. The summed E-state index contributed by atoms with van der Waals surface area (Å²) in [4.78, 5) is 14.1. The number of carbonyl (C=O) groups excluding carboxylic acids is 1. The second kappa shape index (κ2) is 6.46. The fourth-order valence-corrected chi connectivity index (χ4v) is 3.02. The Morgan fingerprint density at radius 1 is 1.41 bits per heavy atom. The van der Waals surface area contributed by atoms with Crippen molar-refractivity contribution in [2.45, 2.75) is 45.4 Å². The van der Waals surface area contributed by atoms with Gasteiger partial charge in [-0.15, -0.1) is 0 Å². The van der Waals surface area contributed by atoms with Crippen LogP contribution in [0.15, 0.2) is 16.6 Å². The molecule has 0 saturated carbocycles. The second-order valence-electron chi connectivity index (χ2n) is 6.44. The molecule has 0 saturated heterocycles. The molecule has 2 rings (SSSR count). The number of amides is 1. The zero-order valence-corrected chi connectivity index (χ0v) is 15.1. The van der Waals surface area contributed by atoms with Crippen LogP contribution in [0.4, 0.5) is 4.79 Å². The Morgan fingerprint density at radius 2 is 2.09 bits per heavy atom. The second-order valence-corrected chi connectivity index (χ2v) is 7.29. The lowest BCUT2D eigenvalue weighted by atomic mass is 9.99. The summed E-state index contributed by atoms with van der Waals surface area (Å²) in [5.74, 6) is 0.761. The Balaban J connectivity index is 2.34. The van der Waals surface area contributed by atoms with Gasteiger partial charge in [0.25, 0.3) is 0 Å². The molecule has 122 valence electrons. The number of hydrogen-bond donors (Lipinski definition) is 1. The highest BCUT2D eigenvalue weighted by molar-refractivity contribution is 9.10. The minimum atomic E-state index is -0.514. The van der Waals surface area contributed by atoms with Gasteiger partial charge in [0.05, 0.1) is 13.7 Å². The molecule has 0 bridgehead atoms. The van der Waals surface area contributed by atoms with Crippen molar-refractivity contribution in [3.8, 4) is 5.75 Å². The Hall–Kier alpha value is -1.27. The number of halogens is 1. The van der Waals surface area contributed by atoms with Gasteiger partial charge < -0.3 is 20.1 Å². The van der Waals surface area contributed by atoms with Crippen LogP contribution in [0.3, 0.4) is 0 Å². The third-order valence-electron chi connectivity index (χ3n) is 3.56. The van der Waals surface area contributed by atoms with Crippen LogP contribution in [0.1, 0.15) is 44.4 Å². The summed E-state index contributed by atoms with van der Waals surface area (Å²) in [7, 11) is 1.63. The number of carbonyl (C=O) groups is 1. The van der Waals surface area contributed by atoms with Crippen LogP contribution in [0.5, 0.6) is 5.75 Å². The maximum atomic E-state index is 12.4. The summed E-state index contributed by atoms with van der Waals surface area (Å²) in [6, 6.07) is 3.64. The van der Waals surface area contributed by atoms with Crippen LogP contribution in [-0.4, -0.2) is 30.2 Å². The first-order chi connectivity index (χ1) is 10.2. The molecule has 1 aromatic rings. The van der Waals surface area contributed by atoms with E-state index in [9.17, 15) is 4.79 Å². The van der Waals surface area contributed by atoms with Crippen LogP contribution in [0.25, 0.3) is 0 Å². The SMILES string of the molecule is COc1ccc(Br)c2c1[C@H](N)CCN(C(=O)OC(C)(C)C)C2. The van der Waals surface area contributed by atoms with E-state index in [0.717, 1.165) is 21.3 Å². The Bertz CT molecular complexity index is 569. The number of rotatable bonds is 1. The van der Waals surface area contributed by atoms with Crippen LogP contribution in [0.2, 0.25) is 0 Å². The predicted molar refractivity (Wildman–Crippen MR) is 88.9 cm³/mol. The number of methoxy groups -OCH3 is 1. The van der Waals surface area contributed by atoms with E-state index in [0.29, 0.717) is 19.5 Å². The van der Waals surface area contributed by atoms with E-state index >= 15 is 0 Å². The lowest BCUT2D eigenvalue weighted by molar-refractivity contribution is 0.0234. The van der Waals surface area contributed by atoms with E-state index in [1.165, 1.54) is 0 Å². The summed E-state index contributed by atoms with van der Waals surface area (Å²) in [6.07, 6.45) is 0.348. The van der Waals surface area contributed by atoms with Crippen molar-refractivity contribution in [3.05, 3.63) is 27.7 Å². The van der Waals surface area contributed by atoms with Gasteiger partial charge in [0.15, 0.2) is 0 Å². The molecule has 0 radical (unpaired) electrons. The molecule has 1 aliphatic rings. The Labute approximate surface area is 139 Å². The number of nitrogens with zero attached hydrogens (tertiary/aromatic N) is 1. The van der Waals surface area contributed by atoms with Crippen LogP contribution in [-0.2, 0) is 11.3 Å². The Morgan fingerprint density at radius 3 is 2.68 bits per heavy atom. The molecule has 2 N–H and O–H groups in total. The number of hydrogen-bond acceptors (Lipinski definition) is 4. The van der Waals surface area contributed by atoms with Gasteiger partial charge in [-0.3, -0.25) is 0 Å². The minimum Gasteiger partial charge on any atom is -0.496 e. The van der Waals surface area contributed by atoms with Gasteiger partial charge in [-0.25, -0.2) is 4.79 Å². The summed E-state index contributed by atoms with van der Waals surface area (Å²) in [5.41, 5.74) is 7.73. The topological polar surface area (TPSA) is 64.8 Å². The van der Waals surface area contributed by atoms with Gasteiger partial charge >= 0.3 is 6.09 Å². The normalized spacial score (nSPS) is 18.5. The van der Waals surface area contributed by atoms with Gasteiger partial charge in [0.2, 0.25) is 0 Å². The number of nitrogens with two attached hydrogens (primary N) is 1. The van der Waals surface area contributed by atoms with Crippen molar-refractivity contribution in [1.29, 1.82) is 0 Å². The molecule has 1 heterocycles. The van der Waals surface area contributed by atoms with Gasteiger partial charge in [0, 0.05) is 22.6 Å². The van der Waals surface area contributed by atoms with Gasteiger partial charge in [-0.05, 0) is 44.9 Å². The summed E-state index contributed by atoms with van der Waals surface area (Å²) >= 11 is 3.56. The molecule has 0 spiro atoms. The zero-order valence-electron chi connectivity index (χ0n) is 13.5. The van der Waals surface area contributed by atoms with Crippen LogP contribution in [0, 0.1) is 0 Å². The highest BCUT2D eigenvalue weighted by Gasteiger charge is 2.29. The third-order valence-corrected chi connectivity index (χ3v) is 4.30. The molecule has 6 heteroatoms. The average Bonchev–Trinajstić information content (AvgIpc) is 2.58. The molecule has 0 fully saturated rings. The maximum absolute atomic E-state index is 12.4. The molecule has 1 atom stereocenters. The van der Waals surface area contributed by atoms with Gasteiger partial charge in [0.1, 0.15) is 11.4 Å². The average molecular weight is 371 g/mol. The van der Waals surface area contributed by atoms with E-state index < -0.39 is 5.60 Å². The lowest BCUT2D eigenvalue weighted by Crippen LogP contribution is -2.36. The van der Waals surface area contributed by atoms with Gasteiger partial charge in [-0.2, -0.15) is 0 Å². The first-order valence-corrected chi connectivity index (χ1v) is 8.11. The quantitative estimate of drug-likeness (QED) is 0.819. The largest absolute Gasteiger partial charge is 0.496 e. The van der Waals surface area contributed by atoms with Gasteiger partial charge in [-0.1, -0.05) is 15.9 Å². The minimum absolute atomic E-state index is 0.171. The predicted octanol–water partition coefficient (Wildman–Crippen LogP) is 3.60. The van der Waals surface area contributed by atoms with Crippen LogP contribution < -0.4 is 10.5 Å². The third kappa shape index (κ3) is 3.73. The van der Waals surface area contributed by atoms with Crippen LogP contribution >= 0.6 is 15.9 Å². The summed E-state index contributed by atoms with van der Waals surface area (Å²) in [5, 5.41) is 0. The molecule has 1 amide bonds.